The fourth-order valence-electron chi connectivity index (χ4n) is 4.07. The molecule has 0 saturated heterocycles. The van der Waals surface area contributed by atoms with Crippen molar-refractivity contribution in [2.75, 3.05) is 6.61 Å². The van der Waals surface area contributed by atoms with Crippen molar-refractivity contribution in [2.45, 2.75) is 39.3 Å². The zero-order chi connectivity index (χ0) is 24.8. The Morgan fingerprint density at radius 1 is 1.03 bits per heavy atom. The maximum Gasteiger partial charge on any atom is 0.330 e. The molecule has 3 aromatic rings. The zero-order valence-electron chi connectivity index (χ0n) is 19.9. The van der Waals surface area contributed by atoms with Gasteiger partial charge in [0.25, 0.3) is 0 Å². The van der Waals surface area contributed by atoms with E-state index in [1.54, 1.807) is 30.3 Å². The van der Waals surface area contributed by atoms with Crippen molar-refractivity contribution in [1.29, 1.82) is 0 Å². The molecule has 178 valence electrons. The van der Waals surface area contributed by atoms with E-state index in [1.807, 2.05) is 37.3 Å². The first kappa shape index (κ1) is 24.1. The van der Waals surface area contributed by atoms with Crippen LogP contribution >= 0.6 is 0 Å². The van der Waals surface area contributed by atoms with Crippen LogP contribution in [0.4, 0.5) is 0 Å². The Labute approximate surface area is 205 Å². The first-order valence-corrected chi connectivity index (χ1v) is 11.8. The molecule has 1 aliphatic heterocycles. The minimum Gasteiger partial charge on any atom is -0.508 e. The third kappa shape index (κ3) is 5.72. The molecule has 0 bridgehead atoms. The van der Waals surface area contributed by atoms with Gasteiger partial charge in [-0.05, 0) is 59.9 Å². The van der Waals surface area contributed by atoms with Crippen molar-refractivity contribution in [3.63, 3.8) is 0 Å². The molecule has 6 nitrogen and oxygen atoms in total. The molecule has 3 aromatic carbocycles. The van der Waals surface area contributed by atoms with Crippen molar-refractivity contribution in [3.8, 4) is 16.9 Å². The van der Waals surface area contributed by atoms with Gasteiger partial charge in [-0.2, -0.15) is 10.2 Å². The molecule has 4 rings (SSSR count). The average molecular weight is 469 g/mol. The molecule has 0 spiro atoms. The van der Waals surface area contributed by atoms with Crippen LogP contribution in [0, 0.1) is 6.92 Å². The van der Waals surface area contributed by atoms with E-state index in [9.17, 15) is 14.7 Å². The highest BCUT2D eigenvalue weighted by Crippen LogP contribution is 2.43. The van der Waals surface area contributed by atoms with Gasteiger partial charge in [-0.15, -0.1) is 0 Å². The number of carbonyl (C=O) groups excluding carboxylic acids is 2. The summed E-state index contributed by atoms with van der Waals surface area (Å²) in [6.07, 6.45) is 5.75. The number of phenolic OH excluding ortho intramolecular Hbond substituents is 1. The third-order valence-corrected chi connectivity index (χ3v) is 5.99. The van der Waals surface area contributed by atoms with Gasteiger partial charge in [0, 0.05) is 22.8 Å². The van der Waals surface area contributed by atoms with Gasteiger partial charge in [0.05, 0.1) is 6.61 Å². The number of aromatic hydroxyl groups is 1. The molecular formula is C29H28N2O4. The fraction of sp³-hybridized carbons (Fsp3) is 0.241. The van der Waals surface area contributed by atoms with Crippen molar-refractivity contribution >= 4 is 17.8 Å². The molecule has 0 aromatic heterocycles. The lowest BCUT2D eigenvalue weighted by molar-refractivity contribution is -0.137. The Hall–Kier alpha value is -4.06. The van der Waals surface area contributed by atoms with Crippen LogP contribution in [0.1, 0.15) is 65.0 Å². The van der Waals surface area contributed by atoms with Crippen molar-refractivity contribution in [1.82, 2.24) is 0 Å². The number of carbonyl (C=O) groups is 2. The van der Waals surface area contributed by atoms with Crippen LogP contribution < -0.4 is 0 Å². The predicted octanol–water partition coefficient (Wildman–Crippen LogP) is 6.81. The number of ether oxygens (including phenoxy) is 1. The number of hydrogen-bond acceptors (Lipinski definition) is 6. The molecule has 0 fully saturated rings. The highest BCUT2D eigenvalue weighted by atomic mass is 16.5. The normalized spacial score (nSPS) is 12.7. The van der Waals surface area contributed by atoms with Crippen LogP contribution in [-0.4, -0.2) is 23.5 Å². The second-order valence-electron chi connectivity index (χ2n) is 8.48. The van der Waals surface area contributed by atoms with Gasteiger partial charge in [0.1, 0.15) is 5.75 Å². The Morgan fingerprint density at radius 3 is 2.51 bits per heavy atom. The van der Waals surface area contributed by atoms with Gasteiger partial charge < -0.3 is 9.84 Å². The lowest BCUT2D eigenvalue weighted by Gasteiger charge is -2.17. The summed E-state index contributed by atoms with van der Waals surface area (Å²) < 4.78 is 5.27. The summed E-state index contributed by atoms with van der Waals surface area (Å²) in [6.45, 7) is 4.42. The third-order valence-electron chi connectivity index (χ3n) is 5.99. The van der Waals surface area contributed by atoms with E-state index in [1.165, 1.54) is 12.1 Å². The van der Waals surface area contributed by atoms with Crippen molar-refractivity contribution in [2.24, 2.45) is 10.2 Å². The Balaban J connectivity index is 1.73. The number of hydrogen-bond donors (Lipinski definition) is 1. The van der Waals surface area contributed by atoms with E-state index in [2.05, 4.69) is 17.2 Å². The lowest BCUT2D eigenvalue weighted by atomic mass is 9.86. The van der Waals surface area contributed by atoms with Gasteiger partial charge in [-0.1, -0.05) is 62.2 Å². The number of unbranched alkanes of at least 4 members (excludes halogenated alkanes) is 2. The van der Waals surface area contributed by atoms with Crippen LogP contribution in [0.2, 0.25) is 0 Å². The summed E-state index contributed by atoms with van der Waals surface area (Å²) in [5, 5.41) is 18.5. The second-order valence-corrected chi connectivity index (χ2v) is 8.48. The minimum absolute atomic E-state index is 0.0521. The number of benzene rings is 3. The maximum atomic E-state index is 13.4. The SMILES string of the molecule is CCCCCOC(=O)/C=C/c1ccc(C2N=N2)c(-c2cc(O)ccc2C(=O)c2ccccc2)c1C. The predicted molar refractivity (Wildman–Crippen MR) is 135 cm³/mol. The summed E-state index contributed by atoms with van der Waals surface area (Å²) in [5.41, 5.74) is 4.89. The number of esters is 1. The minimum atomic E-state index is -0.393. The number of nitrogens with zero attached hydrogens (tertiary/aromatic N) is 2. The Kier molecular flexibility index (Phi) is 7.51. The lowest BCUT2D eigenvalue weighted by Crippen LogP contribution is -2.06. The molecule has 1 heterocycles. The standard InChI is InChI=1S/C29H28N2O4/c1-3-4-8-17-35-26(33)16-12-20-11-14-24(29-30-31-29)27(19(20)2)25-18-22(32)13-15-23(25)28(34)21-9-6-5-7-10-21/h5-7,9-16,18,29,32H,3-4,8,17H2,1-2H3/b16-12+. The van der Waals surface area contributed by atoms with Gasteiger partial charge >= 0.3 is 5.97 Å². The Bertz CT molecular complexity index is 1290. The molecule has 0 unspecified atom stereocenters. The van der Waals surface area contributed by atoms with Gasteiger partial charge in [-0.25, -0.2) is 4.79 Å². The number of ketones is 1. The van der Waals surface area contributed by atoms with Crippen LogP contribution in [0.25, 0.3) is 17.2 Å². The van der Waals surface area contributed by atoms with E-state index >= 15 is 0 Å². The van der Waals surface area contributed by atoms with Gasteiger partial charge in [0.15, 0.2) is 5.78 Å². The van der Waals surface area contributed by atoms with Crippen LogP contribution in [0.3, 0.4) is 0 Å². The van der Waals surface area contributed by atoms with E-state index in [-0.39, 0.29) is 17.7 Å². The topological polar surface area (TPSA) is 88.3 Å². The molecule has 1 aliphatic rings. The highest BCUT2D eigenvalue weighted by Gasteiger charge is 2.27. The van der Waals surface area contributed by atoms with E-state index in [4.69, 9.17) is 4.74 Å². The summed E-state index contributed by atoms with van der Waals surface area (Å²) in [6, 6.07) is 17.6. The first-order chi connectivity index (χ1) is 17.0. The molecule has 0 atom stereocenters. The first-order valence-electron chi connectivity index (χ1n) is 11.8. The molecule has 0 radical (unpaired) electrons. The fourth-order valence-corrected chi connectivity index (χ4v) is 4.07. The molecule has 0 saturated carbocycles. The van der Waals surface area contributed by atoms with E-state index in [0.29, 0.717) is 23.3 Å². The number of phenols is 1. The van der Waals surface area contributed by atoms with E-state index < -0.39 is 5.97 Å². The van der Waals surface area contributed by atoms with Gasteiger partial charge in [0.2, 0.25) is 6.17 Å². The van der Waals surface area contributed by atoms with Gasteiger partial charge in [-0.3, -0.25) is 4.79 Å². The molecule has 35 heavy (non-hydrogen) atoms. The molecule has 0 aliphatic carbocycles. The van der Waals surface area contributed by atoms with E-state index in [0.717, 1.165) is 41.5 Å². The summed E-state index contributed by atoms with van der Waals surface area (Å²) >= 11 is 0. The van der Waals surface area contributed by atoms with Crippen LogP contribution in [-0.2, 0) is 9.53 Å². The summed E-state index contributed by atoms with van der Waals surface area (Å²) in [4.78, 5) is 25.6. The molecule has 6 heteroatoms. The second kappa shape index (κ2) is 10.9. The quantitative estimate of drug-likeness (QED) is 0.153. The number of rotatable bonds is 10. The van der Waals surface area contributed by atoms with Crippen molar-refractivity contribution in [3.05, 3.63) is 94.6 Å². The monoisotopic (exact) mass is 468 g/mol. The average Bonchev–Trinajstić information content (AvgIpc) is 3.71. The summed E-state index contributed by atoms with van der Waals surface area (Å²) in [7, 11) is 0. The Morgan fingerprint density at radius 2 is 1.80 bits per heavy atom. The van der Waals surface area contributed by atoms with Crippen LogP contribution in [0.15, 0.2) is 77.0 Å². The maximum absolute atomic E-state index is 13.4. The molecule has 0 amide bonds. The summed E-state index contributed by atoms with van der Waals surface area (Å²) in [5.74, 6) is -0.487. The van der Waals surface area contributed by atoms with Crippen LogP contribution in [0.5, 0.6) is 5.75 Å². The smallest absolute Gasteiger partial charge is 0.330 e. The molecular weight excluding hydrogens is 440 g/mol. The molecule has 1 N–H and O–H groups in total. The highest BCUT2D eigenvalue weighted by molar-refractivity contribution is 6.13. The van der Waals surface area contributed by atoms with Crippen molar-refractivity contribution < 1.29 is 19.4 Å². The zero-order valence-corrected chi connectivity index (χ0v) is 19.9. The largest absolute Gasteiger partial charge is 0.508 e.